The zero-order valence-corrected chi connectivity index (χ0v) is 25.3. The number of hydrogen-bond acceptors (Lipinski definition) is 8. The van der Waals surface area contributed by atoms with Crippen molar-refractivity contribution in [3.8, 4) is 0 Å². The molecule has 0 fully saturated rings. The van der Waals surface area contributed by atoms with Crippen molar-refractivity contribution >= 4 is 41.0 Å². The number of esters is 3. The Labute approximate surface area is 236 Å². The smallest absolute Gasteiger partial charge is 0.336 e. The van der Waals surface area contributed by atoms with Gasteiger partial charge in [0.15, 0.2) is 0 Å². The normalized spacial score (nSPS) is 15.8. The molecule has 0 spiro atoms. The van der Waals surface area contributed by atoms with Gasteiger partial charge in [-0.2, -0.15) is 0 Å². The average molecular weight is 594 g/mol. The molecule has 0 aromatic heterocycles. The maximum atomic E-state index is 13.4. The third-order valence-corrected chi connectivity index (χ3v) is 5.44. The quantitative estimate of drug-likeness (QED) is 0.223. The average Bonchev–Trinajstić information content (AvgIpc) is 2.80. The third-order valence-electron chi connectivity index (χ3n) is 5.44. The summed E-state index contributed by atoms with van der Waals surface area (Å²) < 4.78 is 16.3. The second-order valence-corrected chi connectivity index (χ2v) is 9.96. The van der Waals surface area contributed by atoms with Crippen molar-refractivity contribution < 1.29 is 28.6 Å². The van der Waals surface area contributed by atoms with Crippen LogP contribution in [0.1, 0.15) is 72.4 Å². The lowest BCUT2D eigenvalue weighted by Gasteiger charge is -2.32. The summed E-state index contributed by atoms with van der Waals surface area (Å²) in [6.07, 6.45) is 2.99. The molecule has 210 valence electrons. The van der Waals surface area contributed by atoms with Crippen molar-refractivity contribution in [1.29, 1.82) is 0 Å². The number of rotatable bonds is 10. The number of carbonyl (C=O) groups is 3. The van der Waals surface area contributed by atoms with Crippen LogP contribution in [-0.4, -0.2) is 49.3 Å². The summed E-state index contributed by atoms with van der Waals surface area (Å²) in [6.45, 7) is 15.4. The highest BCUT2D eigenvalue weighted by molar-refractivity contribution is 8.93. The molecule has 1 aromatic rings. The highest BCUT2D eigenvalue weighted by atomic mass is 79.9. The molecular formula is C29H41BrN2O6. The first-order valence-corrected chi connectivity index (χ1v) is 12.7. The minimum atomic E-state index is -0.775. The van der Waals surface area contributed by atoms with Crippen LogP contribution < -0.4 is 10.6 Å². The van der Waals surface area contributed by atoms with Gasteiger partial charge in [0.1, 0.15) is 5.60 Å². The van der Waals surface area contributed by atoms with Crippen LogP contribution in [0.15, 0.2) is 52.9 Å². The van der Waals surface area contributed by atoms with E-state index in [-0.39, 0.29) is 36.2 Å². The molecule has 1 heterocycles. The van der Waals surface area contributed by atoms with Crippen LogP contribution in [0.25, 0.3) is 6.08 Å². The van der Waals surface area contributed by atoms with Crippen LogP contribution in [0.5, 0.6) is 0 Å². The summed E-state index contributed by atoms with van der Waals surface area (Å²) in [5.41, 5.74) is 2.53. The van der Waals surface area contributed by atoms with Crippen molar-refractivity contribution in [2.75, 3.05) is 19.8 Å². The van der Waals surface area contributed by atoms with E-state index in [9.17, 15) is 14.4 Å². The standard InChI is InChI=1S/C29H40N2O6.BrH/c1-9-35-27(33)24-19(5)31-22(17-30-18(3)4)26(28(34)36-10-2)25(24)21-14-12-11-13-20(21)15-16-23(32)37-29(6,7)8;/h11-16,18,25,30-31H,9-10,17H2,1-8H3;1H. The number of hydrogen-bond donors (Lipinski definition) is 2. The number of dihydropyridines is 1. The molecule has 38 heavy (non-hydrogen) atoms. The summed E-state index contributed by atoms with van der Waals surface area (Å²) in [7, 11) is 0. The Morgan fingerprint density at radius 3 is 2.16 bits per heavy atom. The predicted molar refractivity (Wildman–Crippen MR) is 154 cm³/mol. The SMILES string of the molecule is Br.CCOC(=O)C1=C(C)NC(CNC(C)C)=C(C(=O)OCC)C1c1ccccc1C=CC(=O)OC(C)(C)C. The van der Waals surface area contributed by atoms with Crippen molar-refractivity contribution in [2.45, 2.75) is 73.0 Å². The first-order valence-electron chi connectivity index (χ1n) is 12.7. The van der Waals surface area contributed by atoms with E-state index in [1.807, 2.05) is 38.1 Å². The largest absolute Gasteiger partial charge is 0.463 e. The van der Waals surface area contributed by atoms with Gasteiger partial charge in [0.05, 0.1) is 30.3 Å². The number of carbonyl (C=O) groups excluding carboxylic acids is 3. The van der Waals surface area contributed by atoms with Gasteiger partial charge in [0.25, 0.3) is 0 Å². The lowest BCUT2D eigenvalue weighted by Crippen LogP contribution is -2.38. The minimum Gasteiger partial charge on any atom is -0.463 e. The Morgan fingerprint density at radius 1 is 1.03 bits per heavy atom. The van der Waals surface area contributed by atoms with E-state index in [0.717, 1.165) is 0 Å². The van der Waals surface area contributed by atoms with E-state index >= 15 is 0 Å². The minimum absolute atomic E-state index is 0. The Balaban J connectivity index is 0.00000722. The summed E-state index contributed by atoms with van der Waals surface area (Å²) >= 11 is 0. The van der Waals surface area contributed by atoms with E-state index in [1.165, 1.54) is 6.08 Å². The Kier molecular flexibility index (Phi) is 13.0. The van der Waals surface area contributed by atoms with Crippen LogP contribution in [0.2, 0.25) is 0 Å². The Hall–Kier alpha value is -2.91. The topological polar surface area (TPSA) is 103 Å². The monoisotopic (exact) mass is 592 g/mol. The molecule has 0 radical (unpaired) electrons. The summed E-state index contributed by atoms with van der Waals surface area (Å²) in [6, 6.07) is 7.48. The van der Waals surface area contributed by atoms with Gasteiger partial charge in [0, 0.05) is 30.1 Å². The molecule has 8 nitrogen and oxygen atoms in total. The highest BCUT2D eigenvalue weighted by Gasteiger charge is 2.39. The van der Waals surface area contributed by atoms with Crippen molar-refractivity contribution in [1.82, 2.24) is 10.6 Å². The number of halogens is 1. The van der Waals surface area contributed by atoms with Gasteiger partial charge in [-0.15, -0.1) is 17.0 Å². The summed E-state index contributed by atoms with van der Waals surface area (Å²) in [5, 5.41) is 6.59. The van der Waals surface area contributed by atoms with Crippen molar-refractivity contribution in [3.63, 3.8) is 0 Å². The maximum Gasteiger partial charge on any atom is 0.336 e. The molecule has 1 unspecified atom stereocenters. The predicted octanol–water partition coefficient (Wildman–Crippen LogP) is 4.96. The van der Waals surface area contributed by atoms with E-state index in [0.29, 0.717) is 40.2 Å². The Bertz CT molecular complexity index is 1100. The lowest BCUT2D eigenvalue weighted by atomic mass is 9.78. The molecule has 1 atom stereocenters. The van der Waals surface area contributed by atoms with Crippen LogP contribution >= 0.6 is 17.0 Å². The molecule has 0 aliphatic carbocycles. The second kappa shape index (κ2) is 14.9. The zero-order valence-electron chi connectivity index (χ0n) is 23.6. The van der Waals surface area contributed by atoms with Crippen molar-refractivity contribution in [2.24, 2.45) is 0 Å². The highest BCUT2D eigenvalue weighted by Crippen LogP contribution is 2.41. The molecule has 2 rings (SSSR count). The van der Waals surface area contributed by atoms with Gasteiger partial charge in [0.2, 0.25) is 0 Å². The molecule has 2 N–H and O–H groups in total. The van der Waals surface area contributed by atoms with Crippen LogP contribution in [-0.2, 0) is 28.6 Å². The van der Waals surface area contributed by atoms with Crippen molar-refractivity contribution in [3.05, 3.63) is 64.0 Å². The summed E-state index contributed by atoms with van der Waals surface area (Å²) in [5.74, 6) is -2.32. The molecular weight excluding hydrogens is 552 g/mol. The van der Waals surface area contributed by atoms with Crippen LogP contribution in [0.3, 0.4) is 0 Å². The number of nitrogens with one attached hydrogen (secondary N) is 2. The fourth-order valence-electron chi connectivity index (χ4n) is 4.00. The first-order chi connectivity index (χ1) is 17.4. The number of allylic oxidation sites excluding steroid dienone is 1. The molecule has 0 saturated heterocycles. The van der Waals surface area contributed by atoms with Gasteiger partial charge < -0.3 is 24.8 Å². The molecule has 1 aliphatic rings. The lowest BCUT2D eigenvalue weighted by molar-refractivity contribution is -0.148. The molecule has 0 saturated carbocycles. The number of benzene rings is 1. The van der Waals surface area contributed by atoms with E-state index < -0.39 is 29.4 Å². The van der Waals surface area contributed by atoms with Gasteiger partial charge in [-0.1, -0.05) is 38.1 Å². The van der Waals surface area contributed by atoms with Gasteiger partial charge in [-0.3, -0.25) is 0 Å². The molecule has 1 aromatic carbocycles. The zero-order chi connectivity index (χ0) is 27.8. The van der Waals surface area contributed by atoms with Crippen LogP contribution in [0.4, 0.5) is 0 Å². The fraction of sp³-hybridized carbons (Fsp3) is 0.483. The van der Waals surface area contributed by atoms with Gasteiger partial charge in [-0.05, 0) is 58.7 Å². The first kappa shape index (κ1) is 33.1. The molecule has 9 heteroatoms. The van der Waals surface area contributed by atoms with E-state index in [1.54, 1.807) is 47.6 Å². The van der Waals surface area contributed by atoms with E-state index in [2.05, 4.69) is 10.6 Å². The third kappa shape index (κ3) is 9.13. The Morgan fingerprint density at radius 2 is 1.61 bits per heavy atom. The second-order valence-electron chi connectivity index (χ2n) is 9.96. The number of ether oxygens (including phenoxy) is 3. The van der Waals surface area contributed by atoms with Gasteiger partial charge in [-0.25, -0.2) is 14.4 Å². The van der Waals surface area contributed by atoms with Gasteiger partial charge >= 0.3 is 17.9 Å². The molecule has 1 aliphatic heterocycles. The van der Waals surface area contributed by atoms with E-state index in [4.69, 9.17) is 14.2 Å². The van der Waals surface area contributed by atoms with Crippen LogP contribution in [0, 0.1) is 0 Å². The molecule has 0 bridgehead atoms. The fourth-order valence-corrected chi connectivity index (χ4v) is 4.00. The molecule has 0 amide bonds. The maximum absolute atomic E-state index is 13.4. The summed E-state index contributed by atoms with van der Waals surface area (Å²) in [4.78, 5) is 39.0.